The van der Waals surface area contributed by atoms with Gasteiger partial charge in [0.1, 0.15) is 11.6 Å². The van der Waals surface area contributed by atoms with Gasteiger partial charge in [-0.2, -0.15) is 0 Å². The lowest BCUT2D eigenvalue weighted by Crippen LogP contribution is -1.86. The molecule has 4 heteroatoms. The molecule has 3 rings (SSSR count). The zero-order chi connectivity index (χ0) is 12.7. The second-order valence-electron chi connectivity index (χ2n) is 4.43. The largest absolute Gasteiger partial charge is 0.337 e. The van der Waals surface area contributed by atoms with Gasteiger partial charge in [0, 0.05) is 11.8 Å². The second kappa shape index (κ2) is 3.91. The van der Waals surface area contributed by atoms with Crippen LogP contribution in [0.1, 0.15) is 11.1 Å². The molecular weight excluding hydrogens is 229 g/mol. The van der Waals surface area contributed by atoms with Crippen LogP contribution in [0.15, 0.2) is 30.5 Å². The summed E-state index contributed by atoms with van der Waals surface area (Å²) in [4.78, 5) is 11.9. The SMILES string of the molecule is Cc1cnc2nc(-c3ccc(F)cc3C)[nH]c2c1. The number of aromatic nitrogens is 3. The number of halogens is 1. The smallest absolute Gasteiger partial charge is 0.178 e. The van der Waals surface area contributed by atoms with Gasteiger partial charge in [-0.1, -0.05) is 0 Å². The Bertz CT molecular complexity index is 731. The van der Waals surface area contributed by atoms with E-state index >= 15 is 0 Å². The molecule has 0 unspecified atom stereocenters. The van der Waals surface area contributed by atoms with Gasteiger partial charge in [0.25, 0.3) is 0 Å². The number of aromatic amines is 1. The Balaban J connectivity index is 2.19. The third-order valence-corrected chi connectivity index (χ3v) is 2.92. The number of imidazole rings is 1. The zero-order valence-corrected chi connectivity index (χ0v) is 10.2. The van der Waals surface area contributed by atoms with Crippen molar-refractivity contribution in [1.82, 2.24) is 15.0 Å². The molecule has 0 spiro atoms. The van der Waals surface area contributed by atoms with Crippen LogP contribution < -0.4 is 0 Å². The summed E-state index contributed by atoms with van der Waals surface area (Å²) in [6.45, 7) is 3.85. The highest BCUT2D eigenvalue weighted by Crippen LogP contribution is 2.23. The number of hydrogen-bond donors (Lipinski definition) is 1. The van der Waals surface area contributed by atoms with Gasteiger partial charge in [-0.05, 0) is 49.2 Å². The van der Waals surface area contributed by atoms with E-state index in [4.69, 9.17) is 0 Å². The lowest BCUT2D eigenvalue weighted by atomic mass is 10.1. The molecule has 1 aromatic carbocycles. The number of benzene rings is 1. The summed E-state index contributed by atoms with van der Waals surface area (Å²) in [5.74, 6) is 0.488. The molecule has 2 heterocycles. The van der Waals surface area contributed by atoms with E-state index in [1.165, 1.54) is 12.1 Å². The number of nitrogens with one attached hydrogen (secondary N) is 1. The molecule has 0 saturated carbocycles. The van der Waals surface area contributed by atoms with Crippen LogP contribution in [0.5, 0.6) is 0 Å². The minimum atomic E-state index is -0.235. The van der Waals surface area contributed by atoms with Gasteiger partial charge in [-0.25, -0.2) is 14.4 Å². The Morgan fingerprint density at radius 3 is 2.78 bits per heavy atom. The van der Waals surface area contributed by atoms with Crippen molar-refractivity contribution >= 4 is 11.2 Å². The third-order valence-electron chi connectivity index (χ3n) is 2.92. The number of pyridine rings is 1. The number of aryl methyl sites for hydroxylation is 2. The molecule has 1 N–H and O–H groups in total. The van der Waals surface area contributed by atoms with E-state index < -0.39 is 0 Å². The van der Waals surface area contributed by atoms with Gasteiger partial charge < -0.3 is 4.98 Å². The average Bonchev–Trinajstić information content (AvgIpc) is 2.71. The van der Waals surface area contributed by atoms with Gasteiger partial charge in [0.15, 0.2) is 5.65 Å². The summed E-state index contributed by atoms with van der Waals surface area (Å²) in [5.41, 5.74) is 4.40. The van der Waals surface area contributed by atoms with Gasteiger partial charge in [-0.3, -0.25) is 0 Å². The summed E-state index contributed by atoms with van der Waals surface area (Å²) < 4.78 is 13.1. The number of nitrogens with zero attached hydrogens (tertiary/aromatic N) is 2. The van der Waals surface area contributed by atoms with E-state index in [9.17, 15) is 4.39 Å². The molecular formula is C14H12FN3. The van der Waals surface area contributed by atoms with Crippen molar-refractivity contribution in [2.45, 2.75) is 13.8 Å². The fourth-order valence-electron chi connectivity index (χ4n) is 2.02. The van der Waals surface area contributed by atoms with Crippen molar-refractivity contribution in [3.8, 4) is 11.4 Å². The third kappa shape index (κ3) is 1.76. The van der Waals surface area contributed by atoms with Gasteiger partial charge >= 0.3 is 0 Å². The van der Waals surface area contributed by atoms with Gasteiger partial charge in [-0.15, -0.1) is 0 Å². The molecule has 0 amide bonds. The van der Waals surface area contributed by atoms with E-state index in [0.29, 0.717) is 5.65 Å². The van der Waals surface area contributed by atoms with E-state index in [1.807, 2.05) is 19.9 Å². The first-order valence-electron chi connectivity index (χ1n) is 5.72. The molecule has 18 heavy (non-hydrogen) atoms. The van der Waals surface area contributed by atoms with Crippen molar-refractivity contribution in [2.75, 3.05) is 0 Å². The Hall–Kier alpha value is -2.23. The Labute approximate surface area is 104 Å². The highest BCUT2D eigenvalue weighted by Gasteiger charge is 2.09. The van der Waals surface area contributed by atoms with Crippen molar-refractivity contribution in [2.24, 2.45) is 0 Å². The monoisotopic (exact) mass is 241 g/mol. The van der Waals surface area contributed by atoms with E-state index in [2.05, 4.69) is 15.0 Å². The Kier molecular flexibility index (Phi) is 2.37. The maximum atomic E-state index is 13.1. The molecule has 0 bridgehead atoms. The topological polar surface area (TPSA) is 41.6 Å². The molecule has 0 aliphatic rings. The minimum absolute atomic E-state index is 0.235. The first kappa shape index (κ1) is 10.9. The van der Waals surface area contributed by atoms with Crippen LogP contribution in [0.2, 0.25) is 0 Å². The fourth-order valence-corrected chi connectivity index (χ4v) is 2.02. The van der Waals surface area contributed by atoms with Crippen LogP contribution in [0.3, 0.4) is 0 Å². The molecule has 3 nitrogen and oxygen atoms in total. The quantitative estimate of drug-likeness (QED) is 0.709. The average molecular weight is 241 g/mol. The summed E-state index contributed by atoms with van der Waals surface area (Å²) in [6.07, 6.45) is 1.78. The molecule has 0 fully saturated rings. The molecule has 0 aliphatic heterocycles. The van der Waals surface area contributed by atoms with Crippen LogP contribution in [0.4, 0.5) is 4.39 Å². The number of fused-ring (bicyclic) bond motifs is 1. The second-order valence-corrected chi connectivity index (χ2v) is 4.43. The Morgan fingerprint density at radius 1 is 1.17 bits per heavy atom. The van der Waals surface area contributed by atoms with Crippen molar-refractivity contribution in [3.05, 3.63) is 47.4 Å². The molecule has 3 aromatic rings. The maximum absolute atomic E-state index is 13.1. The molecule has 0 atom stereocenters. The van der Waals surface area contributed by atoms with Crippen LogP contribution in [-0.4, -0.2) is 15.0 Å². The predicted octanol–water partition coefficient (Wildman–Crippen LogP) is 3.38. The molecule has 0 aliphatic carbocycles. The van der Waals surface area contributed by atoms with Gasteiger partial charge in [0.05, 0.1) is 5.52 Å². The number of hydrogen-bond acceptors (Lipinski definition) is 2. The standard InChI is InChI=1S/C14H12FN3/c1-8-5-12-14(16-7-8)18-13(17-12)11-4-3-10(15)6-9(11)2/h3-7H,1-2H3,(H,16,17,18). The molecule has 0 radical (unpaired) electrons. The van der Waals surface area contributed by atoms with Gasteiger partial charge in [0.2, 0.25) is 0 Å². The van der Waals surface area contributed by atoms with Crippen LogP contribution >= 0.6 is 0 Å². The predicted molar refractivity (Wildman–Crippen MR) is 68.8 cm³/mol. The molecule has 2 aromatic heterocycles. The fraction of sp³-hybridized carbons (Fsp3) is 0.143. The molecule has 0 saturated heterocycles. The number of rotatable bonds is 1. The van der Waals surface area contributed by atoms with E-state index in [1.54, 1.807) is 12.3 Å². The van der Waals surface area contributed by atoms with E-state index in [0.717, 1.165) is 28.0 Å². The first-order valence-corrected chi connectivity index (χ1v) is 5.72. The highest BCUT2D eigenvalue weighted by atomic mass is 19.1. The lowest BCUT2D eigenvalue weighted by Gasteiger charge is -2.01. The minimum Gasteiger partial charge on any atom is -0.337 e. The van der Waals surface area contributed by atoms with Crippen LogP contribution in [0.25, 0.3) is 22.6 Å². The molecule has 90 valence electrons. The summed E-state index contributed by atoms with van der Waals surface area (Å²) in [6, 6.07) is 6.67. The van der Waals surface area contributed by atoms with Crippen LogP contribution in [0, 0.1) is 19.7 Å². The summed E-state index contributed by atoms with van der Waals surface area (Å²) >= 11 is 0. The first-order chi connectivity index (χ1) is 8.63. The number of H-pyrrole nitrogens is 1. The van der Waals surface area contributed by atoms with Crippen molar-refractivity contribution in [1.29, 1.82) is 0 Å². The Morgan fingerprint density at radius 2 is 2.00 bits per heavy atom. The van der Waals surface area contributed by atoms with Crippen molar-refractivity contribution < 1.29 is 4.39 Å². The maximum Gasteiger partial charge on any atom is 0.178 e. The normalized spacial score (nSPS) is 11.1. The van der Waals surface area contributed by atoms with Crippen LogP contribution in [-0.2, 0) is 0 Å². The van der Waals surface area contributed by atoms with Crippen molar-refractivity contribution in [3.63, 3.8) is 0 Å². The zero-order valence-electron chi connectivity index (χ0n) is 10.2. The summed E-state index contributed by atoms with van der Waals surface area (Å²) in [7, 11) is 0. The summed E-state index contributed by atoms with van der Waals surface area (Å²) in [5, 5.41) is 0. The lowest BCUT2D eigenvalue weighted by molar-refractivity contribution is 0.627. The highest BCUT2D eigenvalue weighted by molar-refractivity contribution is 5.77. The van der Waals surface area contributed by atoms with E-state index in [-0.39, 0.29) is 5.82 Å².